The zero-order chi connectivity index (χ0) is 23.4. The summed E-state index contributed by atoms with van der Waals surface area (Å²) >= 11 is 0. The van der Waals surface area contributed by atoms with Crippen molar-refractivity contribution < 1.29 is 0 Å². The molecule has 1 N–H and O–H groups in total. The first kappa shape index (κ1) is 19.7. The lowest BCUT2D eigenvalue weighted by Gasteiger charge is -2.11. The Morgan fingerprint density at radius 1 is 0.629 bits per heavy atom. The van der Waals surface area contributed by atoms with Crippen LogP contribution < -0.4 is 0 Å². The smallest absolute Gasteiger partial charge is 0.238 e. The summed E-state index contributed by atoms with van der Waals surface area (Å²) in [6, 6.07) is 33.2. The summed E-state index contributed by atoms with van der Waals surface area (Å²) in [5, 5.41) is 3.50. The van der Waals surface area contributed by atoms with Crippen LogP contribution in [-0.4, -0.2) is 24.5 Å². The Hall–Kier alpha value is -4.77. The number of aryl methyl sites for hydroxylation is 1. The van der Waals surface area contributed by atoms with E-state index in [1.807, 2.05) is 66.9 Å². The fourth-order valence-corrected chi connectivity index (χ4v) is 4.79. The van der Waals surface area contributed by atoms with E-state index in [9.17, 15) is 0 Å². The van der Waals surface area contributed by atoms with Crippen LogP contribution in [0.2, 0.25) is 0 Å². The van der Waals surface area contributed by atoms with Crippen LogP contribution in [0.5, 0.6) is 0 Å². The van der Waals surface area contributed by atoms with E-state index >= 15 is 0 Å². The van der Waals surface area contributed by atoms with E-state index in [1.54, 1.807) is 0 Å². The van der Waals surface area contributed by atoms with Gasteiger partial charge in [0.25, 0.3) is 0 Å². The Morgan fingerprint density at radius 2 is 1.29 bits per heavy atom. The van der Waals surface area contributed by atoms with Crippen molar-refractivity contribution >= 4 is 32.7 Å². The number of H-pyrrole nitrogens is 1. The first-order valence-corrected chi connectivity index (χ1v) is 11.6. The van der Waals surface area contributed by atoms with Gasteiger partial charge < -0.3 is 4.98 Å². The lowest BCUT2D eigenvalue weighted by molar-refractivity contribution is 0.953. The summed E-state index contributed by atoms with van der Waals surface area (Å²) in [6.45, 7) is 2.12. The van der Waals surface area contributed by atoms with Crippen molar-refractivity contribution in [1.82, 2.24) is 24.5 Å². The summed E-state index contributed by atoms with van der Waals surface area (Å²) in [7, 11) is 0. The Kier molecular flexibility index (Phi) is 4.29. The molecule has 0 unspecified atom stereocenters. The topological polar surface area (TPSA) is 59.4 Å². The summed E-state index contributed by atoms with van der Waals surface area (Å²) in [4.78, 5) is 18.2. The third-order valence-electron chi connectivity index (χ3n) is 6.48. The lowest BCUT2D eigenvalue weighted by atomic mass is 10.1. The highest BCUT2D eigenvalue weighted by atomic mass is 15.2. The molecule has 0 aliphatic rings. The lowest BCUT2D eigenvalue weighted by Crippen LogP contribution is -2.06. The minimum absolute atomic E-state index is 0.608. The molecule has 166 valence electrons. The Morgan fingerprint density at radius 3 is 1.97 bits per heavy atom. The molecule has 0 saturated carbocycles. The Bertz CT molecular complexity index is 1790. The minimum Gasteiger partial charge on any atom is -0.361 e. The van der Waals surface area contributed by atoms with Crippen LogP contribution in [-0.2, 0) is 0 Å². The summed E-state index contributed by atoms with van der Waals surface area (Å²) in [6.07, 6.45) is 1.98. The van der Waals surface area contributed by atoms with Gasteiger partial charge in [-0.05, 0) is 37.3 Å². The average Bonchev–Trinajstić information content (AvgIpc) is 3.49. The van der Waals surface area contributed by atoms with Crippen LogP contribution in [0.25, 0.3) is 61.4 Å². The number of nitrogens with zero attached hydrogens (tertiary/aromatic N) is 4. The molecule has 5 heteroatoms. The van der Waals surface area contributed by atoms with Crippen molar-refractivity contribution in [2.24, 2.45) is 0 Å². The zero-order valence-corrected chi connectivity index (χ0v) is 19.1. The van der Waals surface area contributed by atoms with Gasteiger partial charge in [0, 0.05) is 39.0 Å². The monoisotopic (exact) mass is 451 g/mol. The van der Waals surface area contributed by atoms with Gasteiger partial charge >= 0.3 is 0 Å². The molecule has 0 aliphatic carbocycles. The first-order valence-electron chi connectivity index (χ1n) is 11.6. The van der Waals surface area contributed by atoms with Crippen LogP contribution in [0.1, 0.15) is 5.56 Å². The van der Waals surface area contributed by atoms with Crippen LogP contribution in [0, 0.1) is 6.92 Å². The fraction of sp³-hybridized carbons (Fsp3) is 0.0333. The van der Waals surface area contributed by atoms with Gasteiger partial charge in [-0.1, -0.05) is 72.3 Å². The number of aromatic nitrogens is 5. The van der Waals surface area contributed by atoms with Crippen molar-refractivity contribution in [2.75, 3.05) is 0 Å². The van der Waals surface area contributed by atoms with E-state index in [0.717, 1.165) is 33.1 Å². The molecule has 0 saturated heterocycles. The molecule has 0 radical (unpaired) electrons. The molecular weight excluding hydrogens is 430 g/mol. The third kappa shape index (κ3) is 3.21. The quantitative estimate of drug-likeness (QED) is 0.312. The van der Waals surface area contributed by atoms with Gasteiger partial charge in [-0.2, -0.15) is 9.97 Å². The number of fused-ring (bicyclic) bond motifs is 4. The standard InChI is InChI=1S/C30H21N5/c1-19-12-13-26-23(16-19)24-18-25-22(14-15-31-25)17-27(24)35(26)30-33-28(20-8-4-2-5-9-20)32-29(34-30)21-10-6-3-7-11-21/h2-18,31H,1H3. The second-order valence-corrected chi connectivity index (χ2v) is 8.80. The van der Waals surface area contributed by atoms with Gasteiger partial charge in [0.2, 0.25) is 5.95 Å². The summed E-state index contributed by atoms with van der Waals surface area (Å²) in [5.74, 6) is 1.91. The molecule has 3 heterocycles. The van der Waals surface area contributed by atoms with E-state index in [2.05, 4.69) is 52.9 Å². The third-order valence-corrected chi connectivity index (χ3v) is 6.48. The molecule has 5 nitrogen and oxygen atoms in total. The molecule has 0 atom stereocenters. The Labute approximate surface area is 201 Å². The molecule has 7 rings (SSSR count). The number of benzene rings is 4. The van der Waals surface area contributed by atoms with E-state index in [1.165, 1.54) is 16.3 Å². The predicted octanol–water partition coefficient (Wildman–Crippen LogP) is 7.09. The van der Waals surface area contributed by atoms with Gasteiger partial charge in [-0.15, -0.1) is 0 Å². The van der Waals surface area contributed by atoms with Crippen LogP contribution in [0.3, 0.4) is 0 Å². The van der Waals surface area contributed by atoms with Crippen molar-refractivity contribution in [3.8, 4) is 28.7 Å². The van der Waals surface area contributed by atoms with Crippen LogP contribution >= 0.6 is 0 Å². The number of nitrogens with one attached hydrogen (secondary N) is 1. The highest BCUT2D eigenvalue weighted by Crippen LogP contribution is 2.35. The Balaban J connectivity index is 1.59. The van der Waals surface area contributed by atoms with Gasteiger partial charge in [-0.3, -0.25) is 4.57 Å². The fourth-order valence-electron chi connectivity index (χ4n) is 4.79. The molecule has 7 aromatic rings. The first-order chi connectivity index (χ1) is 17.2. The molecule has 4 aromatic carbocycles. The molecule has 0 aliphatic heterocycles. The molecule has 0 amide bonds. The molecule has 0 fully saturated rings. The largest absolute Gasteiger partial charge is 0.361 e. The van der Waals surface area contributed by atoms with Crippen LogP contribution in [0.15, 0.2) is 103 Å². The molecule has 3 aromatic heterocycles. The van der Waals surface area contributed by atoms with Gasteiger partial charge in [0.05, 0.1) is 11.0 Å². The number of aromatic amines is 1. The van der Waals surface area contributed by atoms with Crippen molar-refractivity contribution in [1.29, 1.82) is 0 Å². The van der Waals surface area contributed by atoms with E-state index < -0.39 is 0 Å². The molecular formula is C30H21N5. The number of hydrogen-bond donors (Lipinski definition) is 1. The highest BCUT2D eigenvalue weighted by Gasteiger charge is 2.18. The zero-order valence-electron chi connectivity index (χ0n) is 19.1. The van der Waals surface area contributed by atoms with Crippen molar-refractivity contribution in [2.45, 2.75) is 6.92 Å². The summed E-state index contributed by atoms with van der Waals surface area (Å²) in [5.41, 5.74) is 6.39. The normalized spacial score (nSPS) is 11.6. The SMILES string of the molecule is Cc1ccc2c(c1)c1cc3[nH]ccc3cc1n2-c1nc(-c2ccccc2)nc(-c2ccccc2)n1. The van der Waals surface area contributed by atoms with E-state index in [0.29, 0.717) is 17.6 Å². The van der Waals surface area contributed by atoms with Crippen LogP contribution in [0.4, 0.5) is 0 Å². The summed E-state index contributed by atoms with van der Waals surface area (Å²) < 4.78 is 2.16. The van der Waals surface area contributed by atoms with E-state index in [-0.39, 0.29) is 0 Å². The van der Waals surface area contributed by atoms with Crippen molar-refractivity contribution in [3.05, 3.63) is 109 Å². The predicted molar refractivity (Wildman–Crippen MR) is 142 cm³/mol. The van der Waals surface area contributed by atoms with Gasteiger partial charge in [0.1, 0.15) is 0 Å². The maximum atomic E-state index is 4.99. The average molecular weight is 452 g/mol. The highest BCUT2D eigenvalue weighted by molar-refractivity contribution is 6.13. The van der Waals surface area contributed by atoms with Gasteiger partial charge in [0.15, 0.2) is 11.6 Å². The maximum absolute atomic E-state index is 4.99. The maximum Gasteiger partial charge on any atom is 0.238 e. The minimum atomic E-state index is 0.608. The molecule has 0 bridgehead atoms. The van der Waals surface area contributed by atoms with Gasteiger partial charge in [-0.25, -0.2) is 4.98 Å². The second kappa shape index (κ2) is 7.64. The molecule has 35 heavy (non-hydrogen) atoms. The molecule has 0 spiro atoms. The van der Waals surface area contributed by atoms with E-state index in [4.69, 9.17) is 15.0 Å². The number of rotatable bonds is 3. The number of hydrogen-bond acceptors (Lipinski definition) is 3. The van der Waals surface area contributed by atoms with Crippen molar-refractivity contribution in [3.63, 3.8) is 0 Å². The second-order valence-electron chi connectivity index (χ2n) is 8.80.